The SMILES string of the molecule is Cc1cc(Sc2c(F)cc(CC(C)N)cc2F)n(C)n1. The molecule has 20 heavy (non-hydrogen) atoms. The molecule has 2 aromatic rings. The lowest BCUT2D eigenvalue weighted by Crippen LogP contribution is -2.18. The second kappa shape index (κ2) is 5.93. The quantitative estimate of drug-likeness (QED) is 0.943. The Labute approximate surface area is 121 Å². The van der Waals surface area contributed by atoms with Crippen LogP contribution in [-0.2, 0) is 13.5 Å². The third-order valence-electron chi connectivity index (χ3n) is 2.78. The highest BCUT2D eigenvalue weighted by atomic mass is 32.2. The molecule has 2 rings (SSSR count). The molecule has 108 valence electrons. The Morgan fingerprint density at radius 1 is 1.30 bits per heavy atom. The summed E-state index contributed by atoms with van der Waals surface area (Å²) in [6, 6.07) is 4.35. The van der Waals surface area contributed by atoms with Gasteiger partial charge in [-0.1, -0.05) is 11.8 Å². The molecule has 3 nitrogen and oxygen atoms in total. The number of benzene rings is 1. The van der Waals surface area contributed by atoms with Gasteiger partial charge < -0.3 is 5.73 Å². The van der Waals surface area contributed by atoms with E-state index in [9.17, 15) is 8.78 Å². The van der Waals surface area contributed by atoms with E-state index < -0.39 is 11.6 Å². The van der Waals surface area contributed by atoms with Gasteiger partial charge in [0.2, 0.25) is 0 Å². The first-order valence-electron chi connectivity index (χ1n) is 6.29. The molecule has 0 saturated carbocycles. The topological polar surface area (TPSA) is 43.8 Å². The van der Waals surface area contributed by atoms with E-state index in [0.29, 0.717) is 17.0 Å². The van der Waals surface area contributed by atoms with Gasteiger partial charge in [0.15, 0.2) is 0 Å². The molecule has 0 fully saturated rings. The van der Waals surface area contributed by atoms with E-state index in [4.69, 9.17) is 5.73 Å². The van der Waals surface area contributed by atoms with Gasteiger partial charge >= 0.3 is 0 Å². The molecule has 1 aromatic heterocycles. The van der Waals surface area contributed by atoms with Crippen LogP contribution in [0.1, 0.15) is 18.2 Å². The van der Waals surface area contributed by atoms with Crippen molar-refractivity contribution in [1.82, 2.24) is 9.78 Å². The van der Waals surface area contributed by atoms with E-state index in [1.54, 1.807) is 24.7 Å². The summed E-state index contributed by atoms with van der Waals surface area (Å²) in [5.41, 5.74) is 7.03. The van der Waals surface area contributed by atoms with Crippen LogP contribution in [0.4, 0.5) is 8.78 Å². The lowest BCUT2D eigenvalue weighted by Gasteiger charge is -2.09. The molecule has 1 heterocycles. The van der Waals surface area contributed by atoms with Gasteiger partial charge in [0.1, 0.15) is 11.6 Å². The van der Waals surface area contributed by atoms with E-state index >= 15 is 0 Å². The number of hydrogen-bond acceptors (Lipinski definition) is 3. The van der Waals surface area contributed by atoms with Crippen LogP contribution in [0.15, 0.2) is 28.1 Å². The molecule has 0 aliphatic rings. The first-order chi connectivity index (χ1) is 9.36. The zero-order valence-electron chi connectivity index (χ0n) is 11.7. The number of nitrogens with two attached hydrogens (primary N) is 1. The van der Waals surface area contributed by atoms with Crippen LogP contribution >= 0.6 is 11.8 Å². The van der Waals surface area contributed by atoms with Crippen LogP contribution < -0.4 is 5.73 Å². The molecule has 0 aliphatic heterocycles. The lowest BCUT2D eigenvalue weighted by atomic mass is 10.1. The highest BCUT2D eigenvalue weighted by Crippen LogP contribution is 2.33. The average Bonchev–Trinajstić information content (AvgIpc) is 2.61. The van der Waals surface area contributed by atoms with Crippen molar-refractivity contribution in [2.24, 2.45) is 12.8 Å². The lowest BCUT2D eigenvalue weighted by molar-refractivity contribution is 0.535. The van der Waals surface area contributed by atoms with Crippen molar-refractivity contribution >= 4 is 11.8 Å². The number of rotatable bonds is 4. The maximum Gasteiger partial charge on any atom is 0.140 e. The Bertz CT molecular complexity index is 600. The third-order valence-corrected chi connectivity index (χ3v) is 3.97. The van der Waals surface area contributed by atoms with Crippen molar-refractivity contribution in [1.29, 1.82) is 0 Å². The Balaban J connectivity index is 2.31. The third kappa shape index (κ3) is 3.37. The van der Waals surface area contributed by atoms with Gasteiger partial charge in [-0.2, -0.15) is 5.10 Å². The highest BCUT2D eigenvalue weighted by molar-refractivity contribution is 7.99. The van der Waals surface area contributed by atoms with Crippen LogP contribution in [0.3, 0.4) is 0 Å². The van der Waals surface area contributed by atoms with Crippen molar-refractivity contribution in [3.05, 3.63) is 41.1 Å². The fourth-order valence-corrected chi connectivity index (χ4v) is 2.91. The summed E-state index contributed by atoms with van der Waals surface area (Å²) >= 11 is 1.04. The Morgan fingerprint density at radius 2 is 1.90 bits per heavy atom. The summed E-state index contributed by atoms with van der Waals surface area (Å²) in [5.74, 6) is -1.13. The normalized spacial score (nSPS) is 12.7. The number of aryl methyl sites for hydroxylation is 2. The largest absolute Gasteiger partial charge is 0.328 e. The standard InChI is InChI=1S/C14H17F2N3S/c1-8(17)4-10-6-11(15)14(12(16)7-10)20-13-5-9(2)18-19(13)3/h5-8H,4,17H2,1-3H3. The number of aromatic nitrogens is 2. The van der Waals surface area contributed by atoms with E-state index in [0.717, 1.165) is 17.5 Å². The van der Waals surface area contributed by atoms with Crippen LogP contribution in [0.5, 0.6) is 0 Å². The molecule has 1 aromatic carbocycles. The van der Waals surface area contributed by atoms with E-state index in [-0.39, 0.29) is 10.9 Å². The first kappa shape index (κ1) is 15.0. The van der Waals surface area contributed by atoms with Crippen molar-refractivity contribution in [3.8, 4) is 0 Å². The number of hydrogen-bond donors (Lipinski definition) is 1. The molecule has 1 unspecified atom stereocenters. The average molecular weight is 297 g/mol. The highest BCUT2D eigenvalue weighted by Gasteiger charge is 2.15. The Hall–Kier alpha value is -1.40. The molecular formula is C14H17F2N3S. The maximum atomic E-state index is 14.1. The zero-order valence-corrected chi connectivity index (χ0v) is 12.5. The number of halogens is 2. The summed E-state index contributed by atoms with van der Waals surface area (Å²) < 4.78 is 29.7. The van der Waals surface area contributed by atoms with Crippen molar-refractivity contribution in [2.75, 3.05) is 0 Å². The summed E-state index contributed by atoms with van der Waals surface area (Å²) in [4.78, 5) is -0.0126. The molecule has 1 atom stereocenters. The Kier molecular flexibility index (Phi) is 4.45. The van der Waals surface area contributed by atoms with E-state index in [2.05, 4.69) is 5.10 Å². The van der Waals surface area contributed by atoms with Crippen LogP contribution in [0.25, 0.3) is 0 Å². The minimum atomic E-state index is -0.565. The van der Waals surface area contributed by atoms with Gasteiger partial charge in [-0.25, -0.2) is 8.78 Å². The Morgan fingerprint density at radius 3 is 2.35 bits per heavy atom. The van der Waals surface area contributed by atoms with Gasteiger partial charge in [-0.3, -0.25) is 4.68 Å². The van der Waals surface area contributed by atoms with Crippen molar-refractivity contribution in [3.63, 3.8) is 0 Å². The summed E-state index contributed by atoms with van der Waals surface area (Å²) in [5, 5.41) is 4.85. The van der Waals surface area contributed by atoms with E-state index in [1.165, 1.54) is 12.1 Å². The molecule has 0 spiro atoms. The predicted molar refractivity (Wildman–Crippen MR) is 75.8 cm³/mol. The van der Waals surface area contributed by atoms with Gasteiger partial charge in [-0.05, 0) is 44.0 Å². The number of nitrogens with zero attached hydrogens (tertiary/aromatic N) is 2. The molecule has 0 bridgehead atoms. The monoisotopic (exact) mass is 297 g/mol. The van der Waals surface area contributed by atoms with E-state index in [1.807, 2.05) is 6.92 Å². The minimum Gasteiger partial charge on any atom is -0.328 e. The van der Waals surface area contributed by atoms with Gasteiger partial charge in [0.25, 0.3) is 0 Å². The molecule has 0 aliphatic carbocycles. The van der Waals surface area contributed by atoms with Crippen LogP contribution in [-0.4, -0.2) is 15.8 Å². The van der Waals surface area contributed by atoms with Crippen molar-refractivity contribution < 1.29 is 8.78 Å². The molecule has 0 saturated heterocycles. The van der Waals surface area contributed by atoms with Gasteiger partial charge in [0, 0.05) is 13.1 Å². The van der Waals surface area contributed by atoms with Gasteiger partial charge in [0.05, 0.1) is 15.6 Å². The second-order valence-corrected chi connectivity index (χ2v) is 5.95. The summed E-state index contributed by atoms with van der Waals surface area (Å²) in [6.07, 6.45) is 0.448. The van der Waals surface area contributed by atoms with Crippen molar-refractivity contribution in [2.45, 2.75) is 36.2 Å². The molecule has 2 N–H and O–H groups in total. The molecular weight excluding hydrogens is 280 g/mol. The summed E-state index contributed by atoms with van der Waals surface area (Å²) in [6.45, 7) is 3.64. The maximum absolute atomic E-state index is 14.1. The predicted octanol–water partition coefficient (Wildman–Crippen LogP) is 3.05. The van der Waals surface area contributed by atoms with Gasteiger partial charge in [-0.15, -0.1) is 0 Å². The molecule has 6 heteroatoms. The molecule has 0 radical (unpaired) electrons. The minimum absolute atomic E-state index is 0.0126. The fraction of sp³-hybridized carbons (Fsp3) is 0.357. The first-order valence-corrected chi connectivity index (χ1v) is 7.10. The fourth-order valence-electron chi connectivity index (χ4n) is 1.99. The molecule has 0 amide bonds. The zero-order chi connectivity index (χ0) is 14.9. The van der Waals surface area contributed by atoms with Crippen LogP contribution in [0.2, 0.25) is 0 Å². The smallest absolute Gasteiger partial charge is 0.140 e. The van der Waals surface area contributed by atoms with Crippen LogP contribution in [0, 0.1) is 18.6 Å². The summed E-state index contributed by atoms with van der Waals surface area (Å²) in [7, 11) is 1.75. The second-order valence-electron chi connectivity index (χ2n) is 4.92.